The van der Waals surface area contributed by atoms with Crippen molar-refractivity contribution in [1.29, 1.82) is 0 Å². The second-order valence-electron chi connectivity index (χ2n) is 5.49. The molecule has 3 heteroatoms. The zero-order valence-corrected chi connectivity index (χ0v) is 12.1. The normalized spacial score (nSPS) is 18.6. The fourth-order valence-electron chi connectivity index (χ4n) is 2.76. The Bertz CT molecular complexity index is 369. The van der Waals surface area contributed by atoms with Crippen LogP contribution in [0.1, 0.15) is 37.8 Å². The Morgan fingerprint density at radius 2 is 1.89 bits per heavy atom. The fourth-order valence-corrected chi connectivity index (χ4v) is 2.76. The first-order valence-corrected chi connectivity index (χ1v) is 7.34. The minimum absolute atomic E-state index is 0.168. The SMILES string of the molecule is CC[C@@H](N)c1ccc(N2CCC(COC)CC2)cc1. The van der Waals surface area contributed by atoms with Gasteiger partial charge in [0.2, 0.25) is 0 Å². The van der Waals surface area contributed by atoms with Crippen LogP contribution >= 0.6 is 0 Å². The van der Waals surface area contributed by atoms with Crippen molar-refractivity contribution >= 4 is 5.69 Å². The lowest BCUT2D eigenvalue weighted by molar-refractivity contribution is 0.139. The lowest BCUT2D eigenvalue weighted by atomic mass is 9.97. The maximum Gasteiger partial charge on any atom is 0.0491 e. The van der Waals surface area contributed by atoms with Crippen molar-refractivity contribution in [3.05, 3.63) is 29.8 Å². The zero-order chi connectivity index (χ0) is 13.7. The Morgan fingerprint density at radius 1 is 1.26 bits per heavy atom. The molecule has 0 radical (unpaired) electrons. The minimum Gasteiger partial charge on any atom is -0.384 e. The van der Waals surface area contributed by atoms with Crippen LogP contribution in [0.3, 0.4) is 0 Å². The molecule has 1 aliphatic heterocycles. The monoisotopic (exact) mass is 262 g/mol. The van der Waals surface area contributed by atoms with Gasteiger partial charge in [0, 0.05) is 38.5 Å². The van der Waals surface area contributed by atoms with Gasteiger partial charge in [-0.2, -0.15) is 0 Å². The smallest absolute Gasteiger partial charge is 0.0491 e. The van der Waals surface area contributed by atoms with Gasteiger partial charge in [-0.25, -0.2) is 0 Å². The van der Waals surface area contributed by atoms with Gasteiger partial charge in [0.15, 0.2) is 0 Å². The number of hydrogen-bond donors (Lipinski definition) is 1. The van der Waals surface area contributed by atoms with Crippen molar-refractivity contribution in [3.63, 3.8) is 0 Å². The van der Waals surface area contributed by atoms with Crippen LogP contribution in [0, 0.1) is 5.92 Å². The van der Waals surface area contributed by atoms with E-state index in [1.807, 2.05) is 0 Å². The summed E-state index contributed by atoms with van der Waals surface area (Å²) >= 11 is 0. The van der Waals surface area contributed by atoms with Gasteiger partial charge in [-0.05, 0) is 42.9 Å². The molecule has 1 saturated heterocycles. The molecule has 1 aromatic carbocycles. The first-order valence-electron chi connectivity index (χ1n) is 7.34. The Hall–Kier alpha value is -1.06. The highest BCUT2D eigenvalue weighted by molar-refractivity contribution is 5.48. The largest absolute Gasteiger partial charge is 0.384 e. The molecule has 0 amide bonds. The average Bonchev–Trinajstić information content (AvgIpc) is 2.48. The van der Waals surface area contributed by atoms with E-state index in [1.54, 1.807) is 7.11 Å². The summed E-state index contributed by atoms with van der Waals surface area (Å²) in [7, 11) is 1.79. The Balaban J connectivity index is 1.92. The molecule has 1 aromatic rings. The van der Waals surface area contributed by atoms with Crippen molar-refractivity contribution in [2.24, 2.45) is 11.7 Å². The molecule has 0 bridgehead atoms. The van der Waals surface area contributed by atoms with Crippen LogP contribution in [0.5, 0.6) is 0 Å². The van der Waals surface area contributed by atoms with E-state index in [1.165, 1.54) is 24.1 Å². The number of anilines is 1. The maximum atomic E-state index is 6.05. The van der Waals surface area contributed by atoms with Crippen molar-refractivity contribution in [3.8, 4) is 0 Å². The summed E-state index contributed by atoms with van der Waals surface area (Å²) < 4.78 is 5.24. The van der Waals surface area contributed by atoms with E-state index in [2.05, 4.69) is 36.1 Å². The summed E-state index contributed by atoms with van der Waals surface area (Å²) in [5.41, 5.74) is 8.61. The molecule has 1 fully saturated rings. The van der Waals surface area contributed by atoms with Crippen LogP contribution in [0.25, 0.3) is 0 Å². The highest BCUT2D eigenvalue weighted by Crippen LogP contribution is 2.25. The molecule has 0 spiro atoms. The van der Waals surface area contributed by atoms with E-state index >= 15 is 0 Å². The van der Waals surface area contributed by atoms with E-state index in [4.69, 9.17) is 10.5 Å². The van der Waals surface area contributed by atoms with Crippen molar-refractivity contribution in [1.82, 2.24) is 0 Å². The molecule has 106 valence electrons. The maximum absolute atomic E-state index is 6.05. The molecule has 0 unspecified atom stereocenters. The van der Waals surface area contributed by atoms with Crippen molar-refractivity contribution in [2.45, 2.75) is 32.2 Å². The lowest BCUT2D eigenvalue weighted by Crippen LogP contribution is -2.34. The number of hydrogen-bond acceptors (Lipinski definition) is 3. The third-order valence-corrected chi connectivity index (χ3v) is 4.14. The average molecular weight is 262 g/mol. The number of benzene rings is 1. The second-order valence-corrected chi connectivity index (χ2v) is 5.49. The van der Waals surface area contributed by atoms with Crippen molar-refractivity contribution < 1.29 is 4.74 Å². The second kappa shape index (κ2) is 6.92. The molecule has 2 N–H and O–H groups in total. The quantitative estimate of drug-likeness (QED) is 0.886. The Labute approximate surface area is 116 Å². The highest BCUT2D eigenvalue weighted by Gasteiger charge is 2.19. The summed E-state index contributed by atoms with van der Waals surface area (Å²) in [5, 5.41) is 0. The van der Waals surface area contributed by atoms with Crippen LogP contribution in [0.15, 0.2) is 24.3 Å². The topological polar surface area (TPSA) is 38.5 Å². The van der Waals surface area contributed by atoms with Gasteiger partial charge >= 0.3 is 0 Å². The summed E-state index contributed by atoms with van der Waals surface area (Å²) in [4.78, 5) is 2.47. The lowest BCUT2D eigenvalue weighted by Gasteiger charge is -2.33. The van der Waals surface area contributed by atoms with E-state index < -0.39 is 0 Å². The van der Waals surface area contributed by atoms with Crippen LogP contribution in [0.2, 0.25) is 0 Å². The number of nitrogens with two attached hydrogens (primary N) is 1. The number of rotatable bonds is 5. The minimum atomic E-state index is 0.168. The predicted molar refractivity (Wildman–Crippen MR) is 80.5 cm³/mol. The third kappa shape index (κ3) is 3.71. The molecular formula is C16H26N2O. The van der Waals surface area contributed by atoms with E-state index in [9.17, 15) is 0 Å². The summed E-state index contributed by atoms with van der Waals surface area (Å²) in [6.45, 7) is 5.29. The summed E-state index contributed by atoms with van der Waals surface area (Å²) in [6.07, 6.45) is 3.44. The molecule has 1 atom stereocenters. The molecule has 0 saturated carbocycles. The van der Waals surface area contributed by atoms with Crippen LogP contribution < -0.4 is 10.6 Å². The van der Waals surface area contributed by atoms with Crippen LogP contribution in [-0.2, 0) is 4.74 Å². The molecule has 0 aromatic heterocycles. The molecule has 2 rings (SSSR count). The van der Waals surface area contributed by atoms with Crippen LogP contribution in [-0.4, -0.2) is 26.8 Å². The molecule has 1 heterocycles. The molecule has 19 heavy (non-hydrogen) atoms. The molecular weight excluding hydrogens is 236 g/mol. The van der Waals surface area contributed by atoms with Gasteiger partial charge in [0.1, 0.15) is 0 Å². The van der Waals surface area contributed by atoms with Gasteiger partial charge in [0.25, 0.3) is 0 Å². The van der Waals surface area contributed by atoms with Crippen LogP contribution in [0.4, 0.5) is 5.69 Å². The number of piperidine rings is 1. The Morgan fingerprint density at radius 3 is 2.42 bits per heavy atom. The predicted octanol–water partition coefficient (Wildman–Crippen LogP) is 2.96. The van der Waals surface area contributed by atoms with E-state index in [0.717, 1.165) is 32.0 Å². The molecule has 3 nitrogen and oxygen atoms in total. The first kappa shape index (κ1) is 14.4. The fraction of sp³-hybridized carbons (Fsp3) is 0.625. The van der Waals surface area contributed by atoms with Crippen molar-refractivity contribution in [2.75, 3.05) is 31.7 Å². The van der Waals surface area contributed by atoms with E-state index in [-0.39, 0.29) is 6.04 Å². The summed E-state index contributed by atoms with van der Waals surface area (Å²) in [6, 6.07) is 8.93. The summed E-state index contributed by atoms with van der Waals surface area (Å²) in [5.74, 6) is 0.731. The van der Waals surface area contributed by atoms with Gasteiger partial charge in [0.05, 0.1) is 0 Å². The highest BCUT2D eigenvalue weighted by atomic mass is 16.5. The zero-order valence-electron chi connectivity index (χ0n) is 12.1. The van der Waals surface area contributed by atoms with E-state index in [0.29, 0.717) is 0 Å². The third-order valence-electron chi connectivity index (χ3n) is 4.14. The van der Waals surface area contributed by atoms with Gasteiger partial charge in [-0.3, -0.25) is 0 Å². The van der Waals surface area contributed by atoms with Gasteiger partial charge in [-0.1, -0.05) is 19.1 Å². The Kier molecular flexibility index (Phi) is 5.23. The molecule has 1 aliphatic rings. The first-order chi connectivity index (χ1) is 9.24. The molecule has 0 aliphatic carbocycles. The number of nitrogens with zero attached hydrogens (tertiary/aromatic N) is 1. The number of ether oxygens (including phenoxy) is 1. The van der Waals surface area contributed by atoms with Gasteiger partial charge < -0.3 is 15.4 Å². The standard InChI is InChI=1S/C16H26N2O/c1-3-16(17)14-4-6-15(7-5-14)18-10-8-13(9-11-18)12-19-2/h4-7,13,16H,3,8-12,17H2,1-2H3/t16-/m1/s1. The number of methoxy groups -OCH3 is 1. The van der Waals surface area contributed by atoms with Gasteiger partial charge in [-0.15, -0.1) is 0 Å².